The molecule has 0 aliphatic rings. The van der Waals surface area contributed by atoms with Gasteiger partial charge in [0.1, 0.15) is 12.4 Å². The third kappa shape index (κ3) is 3.24. The van der Waals surface area contributed by atoms with E-state index < -0.39 is 0 Å². The van der Waals surface area contributed by atoms with Crippen molar-refractivity contribution in [2.75, 3.05) is 0 Å². The summed E-state index contributed by atoms with van der Waals surface area (Å²) in [4.78, 5) is 0. The van der Waals surface area contributed by atoms with Gasteiger partial charge in [-0.25, -0.2) is 0 Å². The lowest BCUT2D eigenvalue weighted by Crippen LogP contribution is -1.95. The van der Waals surface area contributed by atoms with Gasteiger partial charge in [-0.05, 0) is 24.6 Å². The van der Waals surface area contributed by atoms with Gasteiger partial charge in [0.15, 0.2) is 0 Å². The molecule has 17 heavy (non-hydrogen) atoms. The molecule has 0 spiro atoms. The summed E-state index contributed by atoms with van der Waals surface area (Å²) in [6.07, 6.45) is 3.82. The first-order valence-electron chi connectivity index (χ1n) is 5.61. The number of hydrogen-bond acceptors (Lipinski definition) is 2. The van der Waals surface area contributed by atoms with Crippen LogP contribution in [0.1, 0.15) is 18.1 Å². The van der Waals surface area contributed by atoms with E-state index in [1.165, 1.54) is 0 Å². The highest BCUT2D eigenvalue weighted by molar-refractivity contribution is 6.17. The third-order valence-electron chi connectivity index (χ3n) is 2.49. The summed E-state index contributed by atoms with van der Waals surface area (Å²) < 4.78 is 7.54. The van der Waals surface area contributed by atoms with Gasteiger partial charge in [0.25, 0.3) is 0 Å². The molecule has 0 fully saturated rings. The van der Waals surface area contributed by atoms with Crippen molar-refractivity contribution in [2.24, 2.45) is 0 Å². The van der Waals surface area contributed by atoms with Gasteiger partial charge in [-0.15, -0.1) is 11.6 Å². The molecule has 0 saturated carbocycles. The fraction of sp³-hybridized carbons (Fsp3) is 0.308. The zero-order valence-corrected chi connectivity index (χ0v) is 10.5. The Morgan fingerprint density at radius 3 is 2.59 bits per heavy atom. The minimum Gasteiger partial charge on any atom is -0.489 e. The number of ether oxygens (including phenoxy) is 1. The first-order chi connectivity index (χ1) is 8.31. The molecule has 3 nitrogen and oxygen atoms in total. The number of aryl methyl sites for hydroxylation is 1. The molecule has 0 atom stereocenters. The Hall–Kier alpha value is -1.48. The van der Waals surface area contributed by atoms with Crippen molar-refractivity contribution >= 4 is 11.6 Å². The molecular weight excluding hydrogens is 236 g/mol. The molecule has 0 bridgehead atoms. The van der Waals surface area contributed by atoms with Crippen molar-refractivity contribution in [3.8, 4) is 5.75 Å². The zero-order chi connectivity index (χ0) is 12.1. The Morgan fingerprint density at radius 2 is 2.00 bits per heavy atom. The number of aromatic nitrogens is 2. The van der Waals surface area contributed by atoms with Crippen LogP contribution < -0.4 is 4.74 Å². The van der Waals surface area contributed by atoms with E-state index in [0.717, 1.165) is 23.4 Å². The number of halogens is 1. The third-order valence-corrected chi connectivity index (χ3v) is 2.80. The standard InChI is InChI=1S/C13H15ClN2O/c1-2-16-9-12(8-15-16)10-17-13-5-3-11(7-14)4-6-13/h3-6,8-9H,2,7,10H2,1H3. The molecular formula is C13H15ClN2O. The predicted molar refractivity (Wildman–Crippen MR) is 68.2 cm³/mol. The molecule has 1 aromatic heterocycles. The smallest absolute Gasteiger partial charge is 0.119 e. The summed E-state index contributed by atoms with van der Waals surface area (Å²) in [6, 6.07) is 7.81. The highest BCUT2D eigenvalue weighted by Gasteiger charge is 1.99. The Morgan fingerprint density at radius 1 is 1.24 bits per heavy atom. The number of rotatable bonds is 5. The number of hydrogen-bond donors (Lipinski definition) is 0. The van der Waals surface area contributed by atoms with Crippen molar-refractivity contribution in [3.05, 3.63) is 47.8 Å². The normalized spacial score (nSPS) is 10.5. The molecule has 0 aliphatic heterocycles. The van der Waals surface area contributed by atoms with Crippen molar-refractivity contribution in [2.45, 2.75) is 26.0 Å². The van der Waals surface area contributed by atoms with Crippen LogP contribution in [0, 0.1) is 0 Å². The van der Waals surface area contributed by atoms with E-state index in [0.29, 0.717) is 12.5 Å². The SMILES string of the molecule is CCn1cc(COc2ccc(CCl)cc2)cn1. The Labute approximate surface area is 106 Å². The maximum atomic E-state index is 5.72. The zero-order valence-electron chi connectivity index (χ0n) is 9.77. The summed E-state index contributed by atoms with van der Waals surface area (Å²) in [6.45, 7) is 3.48. The lowest BCUT2D eigenvalue weighted by atomic mass is 10.2. The van der Waals surface area contributed by atoms with Gasteiger partial charge in [-0.2, -0.15) is 5.10 Å². The van der Waals surface area contributed by atoms with Crippen LogP contribution in [0.3, 0.4) is 0 Å². The number of nitrogens with zero attached hydrogens (tertiary/aromatic N) is 2. The largest absolute Gasteiger partial charge is 0.489 e. The molecule has 2 aromatic rings. The van der Waals surface area contributed by atoms with Crippen LogP contribution in [-0.2, 0) is 19.0 Å². The second kappa shape index (κ2) is 5.73. The van der Waals surface area contributed by atoms with Crippen LogP contribution in [0.25, 0.3) is 0 Å². The summed E-state index contributed by atoms with van der Waals surface area (Å²) >= 11 is 5.72. The second-order valence-electron chi connectivity index (χ2n) is 3.77. The molecule has 4 heteroatoms. The van der Waals surface area contributed by atoms with Crippen LogP contribution in [0.4, 0.5) is 0 Å². The molecule has 0 N–H and O–H groups in total. The quantitative estimate of drug-likeness (QED) is 0.762. The van der Waals surface area contributed by atoms with Gasteiger partial charge in [0.05, 0.1) is 6.20 Å². The van der Waals surface area contributed by atoms with E-state index in [1.807, 2.05) is 41.3 Å². The highest BCUT2D eigenvalue weighted by Crippen LogP contribution is 2.15. The minimum atomic E-state index is 0.531. The van der Waals surface area contributed by atoms with E-state index in [9.17, 15) is 0 Å². The summed E-state index contributed by atoms with van der Waals surface area (Å²) in [5, 5.41) is 4.19. The Balaban J connectivity index is 1.92. The molecule has 90 valence electrons. The van der Waals surface area contributed by atoms with Gasteiger partial charge in [0.2, 0.25) is 0 Å². The fourth-order valence-corrected chi connectivity index (χ4v) is 1.67. The van der Waals surface area contributed by atoms with Crippen molar-refractivity contribution in [3.63, 3.8) is 0 Å². The van der Waals surface area contributed by atoms with E-state index >= 15 is 0 Å². The molecule has 1 aromatic carbocycles. The van der Waals surface area contributed by atoms with E-state index in [2.05, 4.69) is 12.0 Å². The van der Waals surface area contributed by atoms with E-state index in [1.54, 1.807) is 0 Å². The van der Waals surface area contributed by atoms with Crippen LogP contribution in [0.5, 0.6) is 5.75 Å². The van der Waals surface area contributed by atoms with Gasteiger partial charge in [-0.1, -0.05) is 12.1 Å². The van der Waals surface area contributed by atoms with Crippen LogP contribution in [0.15, 0.2) is 36.7 Å². The lowest BCUT2D eigenvalue weighted by Gasteiger charge is -2.04. The molecule has 0 saturated heterocycles. The van der Waals surface area contributed by atoms with Crippen molar-refractivity contribution in [1.82, 2.24) is 9.78 Å². The number of alkyl halides is 1. The lowest BCUT2D eigenvalue weighted by molar-refractivity contribution is 0.306. The minimum absolute atomic E-state index is 0.531. The fourth-order valence-electron chi connectivity index (χ4n) is 1.50. The first-order valence-corrected chi connectivity index (χ1v) is 6.14. The summed E-state index contributed by atoms with van der Waals surface area (Å²) in [5.74, 6) is 1.38. The Kier molecular flexibility index (Phi) is 4.04. The molecule has 0 unspecified atom stereocenters. The maximum absolute atomic E-state index is 5.72. The molecule has 0 aliphatic carbocycles. The number of benzene rings is 1. The summed E-state index contributed by atoms with van der Waals surface area (Å²) in [5.41, 5.74) is 2.17. The summed E-state index contributed by atoms with van der Waals surface area (Å²) in [7, 11) is 0. The van der Waals surface area contributed by atoms with Crippen LogP contribution in [-0.4, -0.2) is 9.78 Å². The average molecular weight is 251 g/mol. The molecule has 0 amide bonds. The second-order valence-corrected chi connectivity index (χ2v) is 4.04. The predicted octanol–water partition coefficient (Wildman–Crippen LogP) is 3.22. The van der Waals surface area contributed by atoms with Crippen LogP contribution in [0.2, 0.25) is 0 Å². The monoisotopic (exact) mass is 250 g/mol. The first kappa shape index (κ1) is 12.0. The van der Waals surface area contributed by atoms with Crippen molar-refractivity contribution < 1.29 is 4.74 Å². The van der Waals surface area contributed by atoms with Crippen molar-refractivity contribution in [1.29, 1.82) is 0 Å². The average Bonchev–Trinajstić information content (AvgIpc) is 2.85. The molecule has 1 heterocycles. The van der Waals surface area contributed by atoms with Crippen LogP contribution >= 0.6 is 11.6 Å². The maximum Gasteiger partial charge on any atom is 0.119 e. The van der Waals surface area contributed by atoms with Gasteiger partial charge in [0, 0.05) is 24.2 Å². The topological polar surface area (TPSA) is 27.1 Å². The van der Waals surface area contributed by atoms with E-state index in [-0.39, 0.29) is 0 Å². The Bertz CT molecular complexity index is 465. The molecule has 2 rings (SSSR count). The van der Waals surface area contributed by atoms with Gasteiger partial charge >= 0.3 is 0 Å². The molecule has 0 radical (unpaired) electrons. The van der Waals surface area contributed by atoms with Gasteiger partial charge in [-0.3, -0.25) is 4.68 Å². The van der Waals surface area contributed by atoms with E-state index in [4.69, 9.17) is 16.3 Å². The van der Waals surface area contributed by atoms with Gasteiger partial charge < -0.3 is 4.74 Å². The highest BCUT2D eigenvalue weighted by atomic mass is 35.5.